The normalized spacial score (nSPS) is 14.2. The Morgan fingerprint density at radius 3 is 1.34 bits per heavy atom. The Balaban J connectivity index is 1.03. The molecule has 0 radical (unpaired) electrons. The van der Waals surface area contributed by atoms with Crippen molar-refractivity contribution in [3.8, 4) is 55.6 Å². The van der Waals surface area contributed by atoms with Crippen LogP contribution in [0.1, 0.15) is 47.2 Å². The molecule has 59 heavy (non-hydrogen) atoms. The molecule has 9 aromatic carbocycles. The van der Waals surface area contributed by atoms with Gasteiger partial charge in [-0.1, -0.05) is 184 Å². The van der Waals surface area contributed by atoms with E-state index in [9.17, 15) is 0 Å². The van der Waals surface area contributed by atoms with Gasteiger partial charge in [0.25, 0.3) is 0 Å². The Kier molecular flexibility index (Phi) is 7.26. The lowest BCUT2D eigenvalue weighted by atomic mass is 9.70. The van der Waals surface area contributed by atoms with Crippen molar-refractivity contribution in [3.05, 3.63) is 246 Å². The van der Waals surface area contributed by atoms with E-state index < -0.39 is 5.41 Å². The second-order valence-corrected chi connectivity index (χ2v) is 16.8. The monoisotopic (exact) mass is 751 g/mol. The van der Waals surface area contributed by atoms with Crippen molar-refractivity contribution in [1.29, 1.82) is 0 Å². The minimum atomic E-state index is -0.419. The first kappa shape index (κ1) is 33.9. The minimum absolute atomic E-state index is 0.0482. The van der Waals surface area contributed by atoms with Crippen LogP contribution in [-0.2, 0) is 10.8 Å². The van der Waals surface area contributed by atoms with E-state index in [1.807, 2.05) is 0 Å². The highest BCUT2D eigenvalue weighted by molar-refractivity contribution is 5.96. The van der Waals surface area contributed by atoms with E-state index in [4.69, 9.17) is 0 Å². The molecule has 9 aromatic rings. The SMILES string of the molecule is CC1(C)c2ccccc2-c2ccc(-c3ccc(N(c4cccc(-c5ccccc5)c4)c4ccc5c(c4)C4(c6ccccc6-c6ccccc64)c4ccccc4-5)cc3)cc21. The summed E-state index contributed by atoms with van der Waals surface area (Å²) >= 11 is 0. The first-order valence-electron chi connectivity index (χ1n) is 20.8. The third-order valence-electron chi connectivity index (χ3n) is 13.5. The number of fused-ring (bicyclic) bond motifs is 13. The average Bonchev–Trinajstić information content (AvgIpc) is 3.85. The van der Waals surface area contributed by atoms with E-state index in [0.29, 0.717) is 0 Å². The van der Waals surface area contributed by atoms with Gasteiger partial charge in [0.15, 0.2) is 0 Å². The molecule has 0 amide bonds. The Morgan fingerprint density at radius 2 is 0.695 bits per heavy atom. The Labute approximate surface area is 346 Å². The summed E-state index contributed by atoms with van der Waals surface area (Å²) in [4.78, 5) is 2.45. The molecule has 12 rings (SSSR count). The third kappa shape index (κ3) is 4.79. The van der Waals surface area contributed by atoms with Crippen molar-refractivity contribution in [3.63, 3.8) is 0 Å². The molecule has 0 N–H and O–H groups in total. The molecule has 0 saturated carbocycles. The van der Waals surface area contributed by atoms with Crippen LogP contribution in [0.15, 0.2) is 212 Å². The summed E-state index contributed by atoms with van der Waals surface area (Å²) in [5, 5.41) is 0. The van der Waals surface area contributed by atoms with Gasteiger partial charge in [-0.15, -0.1) is 0 Å². The van der Waals surface area contributed by atoms with Crippen LogP contribution in [0.2, 0.25) is 0 Å². The zero-order valence-electron chi connectivity index (χ0n) is 33.2. The lowest BCUT2D eigenvalue weighted by Gasteiger charge is -2.32. The third-order valence-corrected chi connectivity index (χ3v) is 13.5. The average molecular weight is 752 g/mol. The molecule has 0 bridgehead atoms. The van der Waals surface area contributed by atoms with Crippen molar-refractivity contribution in [2.24, 2.45) is 0 Å². The predicted octanol–water partition coefficient (Wildman–Crippen LogP) is 15.1. The van der Waals surface area contributed by atoms with Gasteiger partial charge in [-0.25, -0.2) is 0 Å². The summed E-state index contributed by atoms with van der Waals surface area (Å²) in [7, 11) is 0. The first-order chi connectivity index (χ1) is 29.0. The van der Waals surface area contributed by atoms with Crippen LogP contribution >= 0.6 is 0 Å². The van der Waals surface area contributed by atoms with Gasteiger partial charge in [-0.2, -0.15) is 0 Å². The lowest BCUT2D eigenvalue weighted by molar-refractivity contribution is 0.660. The second-order valence-electron chi connectivity index (χ2n) is 16.8. The Hall–Kier alpha value is -7.22. The van der Waals surface area contributed by atoms with Crippen LogP contribution in [0.4, 0.5) is 17.1 Å². The summed E-state index contributed by atoms with van der Waals surface area (Å²) in [6.45, 7) is 4.71. The maximum absolute atomic E-state index is 2.48. The molecule has 0 atom stereocenters. The molecular weight excluding hydrogens is 711 g/mol. The topological polar surface area (TPSA) is 3.24 Å². The van der Waals surface area contributed by atoms with Crippen molar-refractivity contribution in [2.75, 3.05) is 4.90 Å². The van der Waals surface area contributed by atoms with E-state index in [1.54, 1.807) is 0 Å². The molecule has 0 unspecified atom stereocenters. The fourth-order valence-corrected chi connectivity index (χ4v) is 10.8. The van der Waals surface area contributed by atoms with Gasteiger partial charge in [0.1, 0.15) is 0 Å². The molecular formula is C58H41N. The molecule has 0 heterocycles. The maximum atomic E-state index is 2.48. The molecule has 278 valence electrons. The summed E-state index contributed by atoms with van der Waals surface area (Å²) in [6.07, 6.45) is 0. The van der Waals surface area contributed by atoms with Gasteiger partial charge in [-0.05, 0) is 131 Å². The first-order valence-corrected chi connectivity index (χ1v) is 20.8. The standard InChI is InChI=1S/C58H41N/c1-57(2)51-23-10-6-19-45(51)49-33-29-41(36-55(49)57)39-27-30-42(31-28-39)59(43-18-14-17-40(35-43)38-15-4-3-5-16-38)44-32-34-50-48-22-9-13-26-54(48)58(56(50)37-44)52-24-11-7-20-46(52)47-21-8-12-25-53(47)58/h3-37H,1-2H3. The molecule has 3 aliphatic rings. The summed E-state index contributed by atoms with van der Waals surface area (Å²) < 4.78 is 0. The van der Waals surface area contributed by atoms with E-state index >= 15 is 0 Å². The highest BCUT2D eigenvalue weighted by atomic mass is 15.1. The van der Waals surface area contributed by atoms with Gasteiger partial charge in [-0.3, -0.25) is 0 Å². The van der Waals surface area contributed by atoms with E-state index in [2.05, 4.69) is 231 Å². The molecule has 1 nitrogen and oxygen atoms in total. The van der Waals surface area contributed by atoms with Gasteiger partial charge >= 0.3 is 0 Å². The quantitative estimate of drug-likeness (QED) is 0.169. The summed E-state index contributed by atoms with van der Waals surface area (Å²) in [6, 6.07) is 79.1. The highest BCUT2D eigenvalue weighted by Gasteiger charge is 2.51. The fourth-order valence-electron chi connectivity index (χ4n) is 10.8. The van der Waals surface area contributed by atoms with Gasteiger partial charge in [0.05, 0.1) is 5.41 Å². The number of benzene rings is 9. The zero-order chi connectivity index (χ0) is 39.3. The fraction of sp³-hybridized carbons (Fsp3) is 0.0690. The number of nitrogens with zero attached hydrogens (tertiary/aromatic N) is 1. The summed E-state index contributed by atoms with van der Waals surface area (Å²) in [5.41, 5.74) is 23.9. The summed E-state index contributed by atoms with van der Waals surface area (Å²) in [5.74, 6) is 0. The van der Waals surface area contributed by atoms with Crippen LogP contribution in [0.3, 0.4) is 0 Å². The van der Waals surface area contributed by atoms with Crippen LogP contribution in [0.5, 0.6) is 0 Å². The predicted molar refractivity (Wildman–Crippen MR) is 246 cm³/mol. The smallest absolute Gasteiger partial charge is 0.0726 e. The van der Waals surface area contributed by atoms with Gasteiger partial charge in [0, 0.05) is 22.5 Å². The number of rotatable bonds is 5. The van der Waals surface area contributed by atoms with Crippen molar-refractivity contribution >= 4 is 17.1 Å². The molecule has 3 aliphatic carbocycles. The van der Waals surface area contributed by atoms with Crippen molar-refractivity contribution in [2.45, 2.75) is 24.7 Å². The highest BCUT2D eigenvalue weighted by Crippen LogP contribution is 2.63. The lowest BCUT2D eigenvalue weighted by Crippen LogP contribution is -2.26. The molecule has 0 aliphatic heterocycles. The molecule has 0 aromatic heterocycles. The maximum Gasteiger partial charge on any atom is 0.0726 e. The van der Waals surface area contributed by atoms with Gasteiger partial charge in [0.2, 0.25) is 0 Å². The molecule has 0 fully saturated rings. The van der Waals surface area contributed by atoms with Crippen LogP contribution in [0.25, 0.3) is 55.6 Å². The zero-order valence-corrected chi connectivity index (χ0v) is 33.2. The Morgan fingerprint density at radius 1 is 0.271 bits per heavy atom. The van der Waals surface area contributed by atoms with Gasteiger partial charge < -0.3 is 4.90 Å². The van der Waals surface area contributed by atoms with E-state index in [-0.39, 0.29) is 5.41 Å². The van der Waals surface area contributed by atoms with E-state index in [0.717, 1.165) is 17.1 Å². The number of anilines is 3. The Bertz CT molecular complexity index is 3070. The minimum Gasteiger partial charge on any atom is -0.310 e. The van der Waals surface area contributed by atoms with Crippen LogP contribution < -0.4 is 4.90 Å². The number of hydrogen-bond acceptors (Lipinski definition) is 1. The number of hydrogen-bond donors (Lipinski definition) is 0. The molecule has 0 saturated heterocycles. The van der Waals surface area contributed by atoms with Crippen molar-refractivity contribution in [1.82, 2.24) is 0 Å². The van der Waals surface area contributed by atoms with Crippen LogP contribution in [0, 0.1) is 0 Å². The second kappa shape index (κ2) is 12.6. The van der Waals surface area contributed by atoms with E-state index in [1.165, 1.54) is 89.0 Å². The molecule has 1 heteroatoms. The largest absolute Gasteiger partial charge is 0.310 e. The van der Waals surface area contributed by atoms with Crippen molar-refractivity contribution < 1.29 is 0 Å². The molecule has 1 spiro atoms. The van der Waals surface area contributed by atoms with Crippen LogP contribution in [-0.4, -0.2) is 0 Å².